The minimum Gasteiger partial charge on any atom is -0.507 e. The van der Waals surface area contributed by atoms with Crippen LogP contribution in [0.5, 0.6) is 11.5 Å². The molecule has 4 rings (SSSR count). The Hall–Kier alpha value is -4.73. The van der Waals surface area contributed by atoms with Crippen LogP contribution in [-0.2, 0) is 24.0 Å². The highest BCUT2D eigenvalue weighted by molar-refractivity contribution is 5.94. The number of carbonyl (C=O) groups is 2. The lowest BCUT2D eigenvalue weighted by atomic mass is 9.78. The second-order valence-corrected chi connectivity index (χ2v) is 12.7. The lowest BCUT2D eigenvalue weighted by Gasteiger charge is -2.28. The van der Waals surface area contributed by atoms with Gasteiger partial charge in [-0.2, -0.15) is 0 Å². The fraction of sp³-hybridized carbons (Fsp3) is 0.353. The number of nitrogens with one attached hydrogen (secondary N) is 2. The molecule has 0 unspecified atom stereocenters. The van der Waals surface area contributed by atoms with Crippen LogP contribution in [0, 0.1) is 5.82 Å². The Morgan fingerprint density at radius 1 is 0.909 bits per heavy atom. The maximum atomic E-state index is 13.8. The summed E-state index contributed by atoms with van der Waals surface area (Å²) in [7, 11) is 0. The molecule has 1 heterocycles. The monoisotopic (exact) mass is 601 g/mol. The Labute approximate surface area is 257 Å². The first-order valence-electron chi connectivity index (χ1n) is 14.6. The summed E-state index contributed by atoms with van der Waals surface area (Å²) in [5.74, 6) is -0.588. The smallest absolute Gasteiger partial charge is 0.274 e. The second kappa shape index (κ2) is 12.9. The molecule has 0 fully saturated rings. The molecule has 0 spiro atoms. The van der Waals surface area contributed by atoms with Gasteiger partial charge in [0.2, 0.25) is 0 Å². The van der Waals surface area contributed by atoms with E-state index in [9.17, 15) is 19.1 Å². The van der Waals surface area contributed by atoms with E-state index in [2.05, 4.69) is 20.9 Å². The van der Waals surface area contributed by atoms with E-state index in [1.165, 1.54) is 22.9 Å². The number of carbonyl (C=O) groups excluding carboxylic acids is 2. The van der Waals surface area contributed by atoms with Crippen LogP contribution in [0.25, 0.3) is 5.69 Å². The number of hydrogen-bond donors (Lipinski definition) is 3. The van der Waals surface area contributed by atoms with Crippen LogP contribution in [0.3, 0.4) is 0 Å². The Bertz CT molecular complexity index is 1610. The van der Waals surface area contributed by atoms with Crippen LogP contribution in [0.2, 0.25) is 0 Å². The lowest BCUT2D eigenvalue weighted by Crippen LogP contribution is -2.26. The van der Waals surface area contributed by atoms with Crippen molar-refractivity contribution in [1.82, 2.24) is 25.6 Å². The molecular weight excluding hydrogens is 561 g/mol. The third-order valence-corrected chi connectivity index (χ3v) is 7.10. The molecule has 3 N–H and O–H groups in total. The number of aromatic nitrogens is 3. The van der Waals surface area contributed by atoms with E-state index < -0.39 is 11.7 Å². The predicted molar refractivity (Wildman–Crippen MR) is 167 cm³/mol. The molecule has 0 aliphatic rings. The lowest BCUT2D eigenvalue weighted by molar-refractivity contribution is 0.0939. The van der Waals surface area contributed by atoms with Gasteiger partial charge >= 0.3 is 0 Å². The molecule has 0 radical (unpaired) electrons. The Kier molecular flexibility index (Phi) is 9.42. The highest BCUT2D eigenvalue weighted by Crippen LogP contribution is 2.39. The molecule has 0 saturated heterocycles. The molecule has 232 valence electrons. The summed E-state index contributed by atoms with van der Waals surface area (Å²) in [4.78, 5) is 25.8. The normalized spacial score (nSPS) is 11.7. The maximum Gasteiger partial charge on any atom is 0.274 e. The molecule has 4 aromatic rings. The van der Waals surface area contributed by atoms with Crippen molar-refractivity contribution in [1.29, 1.82) is 0 Å². The largest absolute Gasteiger partial charge is 0.507 e. The molecule has 44 heavy (non-hydrogen) atoms. The number of amides is 2. The number of nitrogens with zero attached hydrogens (tertiary/aromatic N) is 3. The van der Waals surface area contributed by atoms with Crippen LogP contribution in [-0.4, -0.2) is 38.5 Å². The topological polar surface area (TPSA) is 118 Å². The molecule has 2 amide bonds. The number of aromatic hydroxyl groups is 1. The molecule has 9 nitrogen and oxygen atoms in total. The molecule has 1 aromatic heterocycles. The van der Waals surface area contributed by atoms with E-state index in [0.717, 1.165) is 16.7 Å². The second-order valence-electron chi connectivity index (χ2n) is 12.7. The number of halogens is 1. The van der Waals surface area contributed by atoms with Crippen LogP contribution in [0.1, 0.15) is 91.7 Å². The first-order chi connectivity index (χ1) is 20.7. The Morgan fingerprint density at radius 2 is 1.55 bits per heavy atom. The molecule has 0 bridgehead atoms. The standard InChI is InChI=1S/C34H40FN5O4/c1-8-36-31(42)22-12-14-24(15-13-22)40-28(20-44-25-11-9-10-23(35)18-25)29(38-39-40)32(43)37-19-21-16-26(33(2,3)4)30(41)27(17-21)34(5,6)7/h9-18,41H,8,19-20H2,1-7H3,(H,36,42)(H,37,43). The van der Waals surface area contributed by atoms with Gasteiger partial charge in [-0.3, -0.25) is 9.59 Å². The van der Waals surface area contributed by atoms with E-state index in [0.29, 0.717) is 23.5 Å². The number of benzene rings is 3. The highest BCUT2D eigenvalue weighted by atomic mass is 19.1. The third-order valence-electron chi connectivity index (χ3n) is 7.10. The van der Waals surface area contributed by atoms with Gasteiger partial charge in [0.05, 0.1) is 5.69 Å². The van der Waals surface area contributed by atoms with E-state index in [1.807, 2.05) is 60.6 Å². The van der Waals surface area contributed by atoms with Crippen LogP contribution in [0.4, 0.5) is 4.39 Å². The van der Waals surface area contributed by atoms with Gasteiger partial charge in [-0.25, -0.2) is 9.07 Å². The van der Waals surface area contributed by atoms with E-state index in [1.54, 1.807) is 30.3 Å². The fourth-order valence-corrected chi connectivity index (χ4v) is 4.75. The van der Waals surface area contributed by atoms with Crippen molar-refractivity contribution in [2.24, 2.45) is 0 Å². The summed E-state index contributed by atoms with van der Waals surface area (Å²) in [6.07, 6.45) is 0. The first-order valence-corrected chi connectivity index (χ1v) is 14.6. The van der Waals surface area contributed by atoms with Gasteiger partial charge in [-0.15, -0.1) is 5.10 Å². The Balaban J connectivity index is 1.65. The summed E-state index contributed by atoms with van der Waals surface area (Å²) in [6.45, 7) is 14.6. The number of phenolic OH excluding ortho intramolecular Hbond substituents is 1. The van der Waals surface area contributed by atoms with Crippen molar-refractivity contribution in [2.75, 3.05) is 6.54 Å². The van der Waals surface area contributed by atoms with Gasteiger partial charge in [0.15, 0.2) is 5.69 Å². The van der Waals surface area contributed by atoms with Gasteiger partial charge in [0.25, 0.3) is 11.8 Å². The predicted octanol–water partition coefficient (Wildman–Crippen LogP) is 5.97. The molecule has 3 aromatic carbocycles. The molecular formula is C34H40FN5O4. The van der Waals surface area contributed by atoms with Crippen molar-refractivity contribution >= 4 is 11.8 Å². The summed E-state index contributed by atoms with van der Waals surface area (Å²) in [5, 5.41) is 25.2. The number of phenols is 1. The minimum atomic E-state index is -0.476. The van der Waals surface area contributed by atoms with Crippen molar-refractivity contribution in [3.05, 3.63) is 100 Å². The number of rotatable bonds is 9. The average molecular weight is 602 g/mol. The van der Waals surface area contributed by atoms with Crippen molar-refractivity contribution < 1.29 is 23.8 Å². The summed E-state index contributed by atoms with van der Waals surface area (Å²) >= 11 is 0. The van der Waals surface area contributed by atoms with E-state index in [4.69, 9.17) is 4.74 Å². The van der Waals surface area contributed by atoms with Crippen molar-refractivity contribution in [3.63, 3.8) is 0 Å². The van der Waals surface area contributed by atoms with Gasteiger partial charge < -0.3 is 20.5 Å². The molecule has 0 aliphatic heterocycles. The van der Waals surface area contributed by atoms with Gasteiger partial charge in [0, 0.05) is 24.7 Å². The van der Waals surface area contributed by atoms with Crippen LogP contribution >= 0.6 is 0 Å². The zero-order chi connectivity index (χ0) is 32.2. The first kappa shape index (κ1) is 32.2. The highest BCUT2D eigenvalue weighted by Gasteiger charge is 2.27. The van der Waals surface area contributed by atoms with Crippen LogP contribution < -0.4 is 15.4 Å². The van der Waals surface area contributed by atoms with Crippen LogP contribution in [0.15, 0.2) is 60.7 Å². The number of ether oxygens (including phenoxy) is 1. The summed E-state index contributed by atoms with van der Waals surface area (Å²) in [5.41, 5.74) is 3.20. The molecule has 0 saturated carbocycles. The summed E-state index contributed by atoms with van der Waals surface area (Å²) in [6, 6.07) is 16.2. The zero-order valence-corrected chi connectivity index (χ0v) is 26.3. The van der Waals surface area contributed by atoms with Gasteiger partial charge in [0.1, 0.15) is 29.6 Å². The maximum absolute atomic E-state index is 13.8. The average Bonchev–Trinajstić information content (AvgIpc) is 3.38. The molecule has 0 atom stereocenters. The SMILES string of the molecule is CCNC(=O)c1ccc(-n2nnc(C(=O)NCc3cc(C(C)(C)C)c(O)c(C(C)(C)C)c3)c2COc2cccc(F)c2)cc1. The van der Waals surface area contributed by atoms with Gasteiger partial charge in [-0.05, 0) is 83.0 Å². The van der Waals surface area contributed by atoms with Crippen molar-refractivity contribution in [3.8, 4) is 17.2 Å². The van der Waals surface area contributed by atoms with E-state index in [-0.39, 0.29) is 47.1 Å². The number of hydrogen-bond acceptors (Lipinski definition) is 6. The summed E-state index contributed by atoms with van der Waals surface area (Å²) < 4.78 is 21.1. The fourth-order valence-electron chi connectivity index (χ4n) is 4.75. The van der Waals surface area contributed by atoms with Crippen molar-refractivity contribution in [2.45, 2.75) is 72.4 Å². The molecule has 0 aliphatic carbocycles. The quantitative estimate of drug-likeness (QED) is 0.218. The Morgan fingerprint density at radius 3 is 2.11 bits per heavy atom. The van der Waals surface area contributed by atoms with Gasteiger partial charge in [-0.1, -0.05) is 52.8 Å². The van der Waals surface area contributed by atoms with E-state index >= 15 is 0 Å². The minimum absolute atomic E-state index is 0.0417. The molecule has 10 heteroatoms. The zero-order valence-electron chi connectivity index (χ0n) is 26.3. The third kappa shape index (κ3) is 7.42.